The molecule has 1 saturated heterocycles. The zero-order chi connectivity index (χ0) is 12.0. The number of primary amides is 1. The highest BCUT2D eigenvalue weighted by Crippen LogP contribution is 2.17. The Morgan fingerprint density at radius 1 is 1.44 bits per heavy atom. The molecule has 1 aliphatic heterocycles. The van der Waals surface area contributed by atoms with Crippen molar-refractivity contribution in [2.45, 2.75) is 51.6 Å². The quantitative estimate of drug-likeness (QED) is 0.703. The minimum atomic E-state index is -0.172. The molecule has 1 unspecified atom stereocenters. The molecule has 0 bridgehead atoms. The zero-order valence-electron chi connectivity index (χ0n) is 10.5. The predicted molar refractivity (Wildman–Crippen MR) is 66.2 cm³/mol. The first-order valence-electron chi connectivity index (χ1n) is 6.46. The van der Waals surface area contributed by atoms with Gasteiger partial charge in [0.2, 0.25) is 5.91 Å². The van der Waals surface area contributed by atoms with E-state index in [0.29, 0.717) is 6.04 Å². The van der Waals surface area contributed by atoms with Crippen LogP contribution in [0.25, 0.3) is 0 Å². The van der Waals surface area contributed by atoms with E-state index < -0.39 is 0 Å². The van der Waals surface area contributed by atoms with E-state index in [1.54, 1.807) is 0 Å². The molecule has 1 rings (SSSR count). The van der Waals surface area contributed by atoms with E-state index in [1.165, 1.54) is 0 Å². The largest absolute Gasteiger partial charge is 0.368 e. The second-order valence-electron chi connectivity index (χ2n) is 4.55. The van der Waals surface area contributed by atoms with Gasteiger partial charge in [-0.15, -0.1) is 0 Å². The predicted octanol–water partition coefficient (Wildman–Crippen LogP) is 0.714. The van der Waals surface area contributed by atoms with Crippen molar-refractivity contribution < 1.29 is 4.79 Å². The number of hydrogen-bond donors (Lipinski definition) is 2. The van der Waals surface area contributed by atoms with Gasteiger partial charge < -0.3 is 11.1 Å². The minimum absolute atomic E-state index is 0.0805. The third-order valence-electron chi connectivity index (χ3n) is 3.37. The van der Waals surface area contributed by atoms with Gasteiger partial charge in [0.1, 0.15) is 0 Å². The lowest BCUT2D eigenvalue weighted by Crippen LogP contribution is -2.52. The van der Waals surface area contributed by atoms with Crippen LogP contribution in [0.5, 0.6) is 0 Å². The molecular weight excluding hydrogens is 202 g/mol. The molecule has 0 spiro atoms. The van der Waals surface area contributed by atoms with Crippen molar-refractivity contribution >= 4 is 5.91 Å². The molecule has 1 aliphatic rings. The summed E-state index contributed by atoms with van der Waals surface area (Å²) in [5.41, 5.74) is 5.49. The van der Waals surface area contributed by atoms with Crippen LogP contribution in [0.3, 0.4) is 0 Å². The Bertz CT molecular complexity index is 214. The molecule has 0 aliphatic carbocycles. The van der Waals surface area contributed by atoms with E-state index in [9.17, 15) is 4.79 Å². The molecule has 4 nitrogen and oxygen atoms in total. The molecule has 94 valence electrons. The summed E-state index contributed by atoms with van der Waals surface area (Å²) in [7, 11) is 0. The molecule has 1 fully saturated rings. The molecule has 0 aromatic carbocycles. The highest BCUT2D eigenvalue weighted by Gasteiger charge is 2.28. The number of nitrogens with two attached hydrogens (primary N) is 1. The minimum Gasteiger partial charge on any atom is -0.368 e. The Hall–Kier alpha value is -0.610. The lowest BCUT2D eigenvalue weighted by molar-refractivity contribution is -0.124. The molecule has 0 aromatic heterocycles. The van der Waals surface area contributed by atoms with Gasteiger partial charge in [0.15, 0.2) is 0 Å². The Morgan fingerprint density at radius 2 is 2.06 bits per heavy atom. The van der Waals surface area contributed by atoms with Gasteiger partial charge in [0.25, 0.3) is 0 Å². The van der Waals surface area contributed by atoms with Crippen molar-refractivity contribution in [2.75, 3.05) is 19.6 Å². The van der Waals surface area contributed by atoms with Crippen molar-refractivity contribution in [3.63, 3.8) is 0 Å². The van der Waals surface area contributed by atoms with Gasteiger partial charge in [-0.05, 0) is 45.3 Å². The molecule has 1 heterocycles. The summed E-state index contributed by atoms with van der Waals surface area (Å²) < 4.78 is 0. The van der Waals surface area contributed by atoms with Crippen LogP contribution >= 0.6 is 0 Å². The van der Waals surface area contributed by atoms with Gasteiger partial charge in [-0.2, -0.15) is 0 Å². The Labute approximate surface area is 98.6 Å². The van der Waals surface area contributed by atoms with E-state index in [1.807, 2.05) is 6.92 Å². The highest BCUT2D eigenvalue weighted by molar-refractivity contribution is 5.79. The highest BCUT2D eigenvalue weighted by atomic mass is 16.1. The number of nitrogens with zero attached hydrogens (tertiary/aromatic N) is 1. The van der Waals surface area contributed by atoms with Gasteiger partial charge in [-0.1, -0.05) is 13.8 Å². The Morgan fingerprint density at radius 3 is 2.50 bits per heavy atom. The standard InChI is InChI=1S/C12H25N3O/c1-3-9-15(11(4-2)12(13)16)10-5-7-14-8-6-10/h10-11,14H,3-9H2,1-2H3,(H2,13,16). The Kier molecular flexibility index (Phi) is 5.77. The van der Waals surface area contributed by atoms with Gasteiger partial charge in [-0.25, -0.2) is 0 Å². The third kappa shape index (κ3) is 3.46. The summed E-state index contributed by atoms with van der Waals surface area (Å²) in [6.45, 7) is 7.28. The van der Waals surface area contributed by atoms with E-state index in [2.05, 4.69) is 17.1 Å². The smallest absolute Gasteiger partial charge is 0.234 e. The first-order valence-corrected chi connectivity index (χ1v) is 6.46. The maximum atomic E-state index is 11.5. The molecule has 0 radical (unpaired) electrons. The van der Waals surface area contributed by atoms with Crippen molar-refractivity contribution in [2.24, 2.45) is 5.73 Å². The first-order chi connectivity index (χ1) is 7.70. The van der Waals surface area contributed by atoms with E-state index >= 15 is 0 Å². The number of carbonyl (C=O) groups is 1. The monoisotopic (exact) mass is 227 g/mol. The van der Waals surface area contributed by atoms with Crippen molar-refractivity contribution in [1.82, 2.24) is 10.2 Å². The number of rotatable bonds is 6. The SMILES string of the molecule is CCCN(C1CCNCC1)C(CC)C(N)=O. The number of piperidine rings is 1. The average Bonchev–Trinajstić information content (AvgIpc) is 2.29. The van der Waals surface area contributed by atoms with Crippen molar-refractivity contribution in [1.29, 1.82) is 0 Å². The van der Waals surface area contributed by atoms with Crippen molar-refractivity contribution in [3.8, 4) is 0 Å². The first kappa shape index (κ1) is 13.5. The molecule has 0 saturated carbocycles. The van der Waals surface area contributed by atoms with Crippen LogP contribution in [0.15, 0.2) is 0 Å². The normalized spacial score (nSPS) is 19.9. The van der Waals surface area contributed by atoms with E-state index in [0.717, 1.165) is 45.3 Å². The second kappa shape index (κ2) is 6.86. The van der Waals surface area contributed by atoms with Crippen LogP contribution in [0.2, 0.25) is 0 Å². The number of hydrogen-bond acceptors (Lipinski definition) is 3. The molecule has 3 N–H and O–H groups in total. The number of nitrogens with one attached hydrogen (secondary N) is 1. The Balaban J connectivity index is 2.66. The van der Waals surface area contributed by atoms with Gasteiger partial charge in [-0.3, -0.25) is 9.69 Å². The second-order valence-corrected chi connectivity index (χ2v) is 4.55. The maximum Gasteiger partial charge on any atom is 0.234 e. The average molecular weight is 227 g/mol. The van der Waals surface area contributed by atoms with Crippen LogP contribution < -0.4 is 11.1 Å². The molecule has 1 atom stereocenters. The fourth-order valence-electron chi connectivity index (χ4n) is 2.59. The molecular formula is C12H25N3O. The lowest BCUT2D eigenvalue weighted by atomic mass is 10.0. The molecule has 0 aromatic rings. The molecule has 1 amide bonds. The van der Waals surface area contributed by atoms with Crippen LogP contribution in [-0.4, -0.2) is 42.5 Å². The van der Waals surface area contributed by atoms with Crippen LogP contribution in [0, 0.1) is 0 Å². The fraction of sp³-hybridized carbons (Fsp3) is 0.917. The summed E-state index contributed by atoms with van der Waals surface area (Å²) in [6, 6.07) is 0.446. The topological polar surface area (TPSA) is 58.4 Å². The fourth-order valence-corrected chi connectivity index (χ4v) is 2.59. The maximum absolute atomic E-state index is 11.5. The molecule has 4 heteroatoms. The van der Waals surface area contributed by atoms with Gasteiger partial charge in [0, 0.05) is 6.04 Å². The summed E-state index contributed by atoms with van der Waals surface area (Å²) in [4.78, 5) is 13.8. The van der Waals surface area contributed by atoms with E-state index in [-0.39, 0.29) is 11.9 Å². The van der Waals surface area contributed by atoms with E-state index in [4.69, 9.17) is 5.73 Å². The number of carbonyl (C=O) groups excluding carboxylic acids is 1. The summed E-state index contributed by atoms with van der Waals surface area (Å²) >= 11 is 0. The third-order valence-corrected chi connectivity index (χ3v) is 3.37. The van der Waals surface area contributed by atoms with Crippen LogP contribution in [0.4, 0.5) is 0 Å². The summed E-state index contributed by atoms with van der Waals surface area (Å²) in [6.07, 6.45) is 4.15. The van der Waals surface area contributed by atoms with Gasteiger partial charge >= 0.3 is 0 Å². The van der Waals surface area contributed by atoms with Gasteiger partial charge in [0.05, 0.1) is 6.04 Å². The lowest BCUT2D eigenvalue weighted by Gasteiger charge is -2.38. The van der Waals surface area contributed by atoms with Crippen LogP contribution in [0.1, 0.15) is 39.5 Å². The van der Waals surface area contributed by atoms with Crippen LogP contribution in [-0.2, 0) is 4.79 Å². The summed E-state index contributed by atoms with van der Waals surface area (Å²) in [5, 5.41) is 3.36. The summed E-state index contributed by atoms with van der Waals surface area (Å²) in [5.74, 6) is -0.172. The molecule has 16 heavy (non-hydrogen) atoms. The zero-order valence-corrected chi connectivity index (χ0v) is 10.5. The number of amides is 1. The van der Waals surface area contributed by atoms with Crippen molar-refractivity contribution in [3.05, 3.63) is 0 Å².